The van der Waals surface area contributed by atoms with Crippen LogP contribution in [0.4, 0.5) is 0 Å². The number of nitrogens with zero attached hydrogens (tertiary/aromatic N) is 3. The highest BCUT2D eigenvalue weighted by atomic mass is 16.3. The molecule has 4 heteroatoms. The van der Waals surface area contributed by atoms with Gasteiger partial charge >= 0.3 is 0 Å². The van der Waals surface area contributed by atoms with Gasteiger partial charge in [0.1, 0.15) is 11.2 Å². The molecule has 0 unspecified atom stereocenters. The Morgan fingerprint density at radius 1 is 0.294 bits per heavy atom. The highest BCUT2D eigenvalue weighted by Crippen LogP contribution is 2.37. The summed E-state index contributed by atoms with van der Waals surface area (Å²) in [5.74, 6) is 1.90. The molecule has 0 atom stereocenters. The summed E-state index contributed by atoms with van der Waals surface area (Å²) < 4.78 is 6.17. The van der Waals surface area contributed by atoms with E-state index in [1.807, 2.05) is 48.5 Å². The van der Waals surface area contributed by atoms with Crippen LogP contribution >= 0.6 is 0 Å². The lowest BCUT2D eigenvalue weighted by atomic mass is 9.94. The van der Waals surface area contributed by atoms with E-state index < -0.39 is 0 Å². The van der Waals surface area contributed by atoms with E-state index in [4.69, 9.17) is 19.4 Å². The molecule has 8 aromatic carbocycles. The highest BCUT2D eigenvalue weighted by Gasteiger charge is 2.16. The molecule has 2 aromatic heterocycles. The molecule has 0 bridgehead atoms. The fourth-order valence-corrected chi connectivity index (χ4v) is 7.17. The molecule has 0 amide bonds. The van der Waals surface area contributed by atoms with Crippen LogP contribution in [0, 0.1) is 0 Å². The molecule has 51 heavy (non-hydrogen) atoms. The maximum Gasteiger partial charge on any atom is 0.164 e. The zero-order valence-corrected chi connectivity index (χ0v) is 27.5. The van der Waals surface area contributed by atoms with Gasteiger partial charge in [-0.1, -0.05) is 152 Å². The molecule has 0 saturated carbocycles. The minimum Gasteiger partial charge on any atom is -0.456 e. The largest absolute Gasteiger partial charge is 0.456 e. The maximum atomic E-state index is 6.17. The minimum atomic E-state index is 0.626. The molecule has 0 aliphatic rings. The second kappa shape index (κ2) is 11.9. The number of rotatable bonds is 5. The van der Waals surface area contributed by atoms with Gasteiger partial charge in [-0.15, -0.1) is 0 Å². The van der Waals surface area contributed by atoms with Crippen LogP contribution < -0.4 is 0 Å². The van der Waals surface area contributed by atoms with Crippen molar-refractivity contribution in [2.24, 2.45) is 0 Å². The molecule has 0 aliphatic carbocycles. The summed E-state index contributed by atoms with van der Waals surface area (Å²) in [6.45, 7) is 0. The lowest BCUT2D eigenvalue weighted by molar-refractivity contribution is 0.669. The van der Waals surface area contributed by atoms with Gasteiger partial charge in [-0.2, -0.15) is 0 Å². The first-order chi connectivity index (χ1) is 25.2. The van der Waals surface area contributed by atoms with E-state index in [0.29, 0.717) is 17.5 Å². The van der Waals surface area contributed by atoms with Gasteiger partial charge in [0.15, 0.2) is 17.5 Å². The fraction of sp³-hybridized carbons (Fsp3) is 0. The Labute approximate surface area is 294 Å². The van der Waals surface area contributed by atoms with E-state index in [-0.39, 0.29) is 0 Å². The molecular weight excluding hydrogens is 623 g/mol. The van der Waals surface area contributed by atoms with Gasteiger partial charge in [-0.25, -0.2) is 15.0 Å². The second-order valence-electron chi connectivity index (χ2n) is 12.8. The highest BCUT2D eigenvalue weighted by molar-refractivity contribution is 6.06. The zero-order chi connectivity index (χ0) is 33.7. The van der Waals surface area contributed by atoms with Crippen LogP contribution in [0.15, 0.2) is 180 Å². The van der Waals surface area contributed by atoms with Gasteiger partial charge in [0, 0.05) is 27.5 Å². The van der Waals surface area contributed by atoms with E-state index >= 15 is 0 Å². The fourth-order valence-electron chi connectivity index (χ4n) is 7.17. The number of benzene rings is 8. The molecule has 0 aliphatic heterocycles. The number of hydrogen-bond donors (Lipinski definition) is 0. The molecule has 10 rings (SSSR count). The Hall–Kier alpha value is -6.91. The molecule has 0 radical (unpaired) electrons. The van der Waals surface area contributed by atoms with Crippen molar-refractivity contribution < 1.29 is 4.42 Å². The van der Waals surface area contributed by atoms with Crippen molar-refractivity contribution in [2.75, 3.05) is 0 Å². The lowest BCUT2D eigenvalue weighted by Gasteiger charge is -2.13. The minimum absolute atomic E-state index is 0.626. The third-order valence-corrected chi connectivity index (χ3v) is 9.75. The molecule has 0 N–H and O–H groups in total. The first kappa shape index (κ1) is 29.0. The predicted molar refractivity (Wildman–Crippen MR) is 209 cm³/mol. The van der Waals surface area contributed by atoms with Crippen LogP contribution in [0.25, 0.3) is 99.9 Å². The molecule has 4 nitrogen and oxygen atoms in total. The van der Waals surface area contributed by atoms with Crippen LogP contribution in [-0.2, 0) is 0 Å². The normalized spacial score (nSPS) is 11.5. The number of fused-ring (bicyclic) bond motifs is 5. The third-order valence-electron chi connectivity index (χ3n) is 9.75. The summed E-state index contributed by atoms with van der Waals surface area (Å²) in [5, 5.41) is 6.95. The van der Waals surface area contributed by atoms with Gasteiger partial charge in [0.2, 0.25) is 0 Å². The molecule has 0 saturated heterocycles. The topological polar surface area (TPSA) is 51.8 Å². The summed E-state index contributed by atoms with van der Waals surface area (Å²) in [5.41, 5.74) is 9.14. The summed E-state index contributed by atoms with van der Waals surface area (Å²) in [7, 11) is 0. The number of hydrogen-bond acceptors (Lipinski definition) is 4. The van der Waals surface area contributed by atoms with Gasteiger partial charge in [0.25, 0.3) is 0 Å². The van der Waals surface area contributed by atoms with Crippen LogP contribution in [-0.4, -0.2) is 15.0 Å². The van der Waals surface area contributed by atoms with Crippen molar-refractivity contribution in [2.45, 2.75) is 0 Å². The summed E-state index contributed by atoms with van der Waals surface area (Å²) >= 11 is 0. The first-order valence-corrected chi connectivity index (χ1v) is 17.1. The van der Waals surface area contributed by atoms with Crippen molar-refractivity contribution in [1.29, 1.82) is 0 Å². The Morgan fingerprint density at radius 3 is 1.69 bits per heavy atom. The molecule has 0 fully saturated rings. The van der Waals surface area contributed by atoms with Gasteiger partial charge in [0.05, 0.1) is 0 Å². The molecule has 0 spiro atoms. The Kier molecular flexibility index (Phi) is 6.78. The van der Waals surface area contributed by atoms with Crippen LogP contribution in [0.1, 0.15) is 0 Å². The van der Waals surface area contributed by atoms with Crippen LogP contribution in [0.3, 0.4) is 0 Å². The average molecular weight is 652 g/mol. The summed E-state index contributed by atoms with van der Waals surface area (Å²) in [6, 6.07) is 61.1. The summed E-state index contributed by atoms with van der Waals surface area (Å²) in [4.78, 5) is 15.2. The van der Waals surface area contributed by atoms with Crippen molar-refractivity contribution in [3.8, 4) is 56.4 Å². The second-order valence-corrected chi connectivity index (χ2v) is 12.8. The third kappa shape index (κ3) is 5.13. The number of furan rings is 1. The van der Waals surface area contributed by atoms with E-state index in [9.17, 15) is 0 Å². The van der Waals surface area contributed by atoms with E-state index in [1.54, 1.807) is 0 Å². The zero-order valence-electron chi connectivity index (χ0n) is 27.5. The standard InChI is InChI=1S/C47H29N3O/c1-2-11-32(12-3-1)45-48-46(33-23-20-31(21-24-33)35-26-27-41-40-14-6-7-19-43(40)51-44(41)29-35)50-47(49-45)42-18-9-16-38-37(15-8-17-39(38)42)36-25-22-30-10-4-5-13-34(30)28-36/h1-29H. The van der Waals surface area contributed by atoms with E-state index in [0.717, 1.165) is 60.5 Å². The quantitative estimate of drug-likeness (QED) is 0.186. The monoisotopic (exact) mass is 651 g/mol. The van der Waals surface area contributed by atoms with Gasteiger partial charge < -0.3 is 4.42 Å². The maximum absolute atomic E-state index is 6.17. The van der Waals surface area contributed by atoms with Gasteiger partial charge in [-0.3, -0.25) is 0 Å². The molecule has 238 valence electrons. The Morgan fingerprint density at radius 2 is 0.863 bits per heavy atom. The van der Waals surface area contributed by atoms with Crippen molar-refractivity contribution in [3.63, 3.8) is 0 Å². The van der Waals surface area contributed by atoms with Crippen molar-refractivity contribution in [1.82, 2.24) is 15.0 Å². The van der Waals surface area contributed by atoms with Crippen LogP contribution in [0.2, 0.25) is 0 Å². The molecule has 2 heterocycles. The number of para-hydroxylation sites is 1. The molecule has 10 aromatic rings. The summed E-state index contributed by atoms with van der Waals surface area (Å²) in [6.07, 6.45) is 0. The van der Waals surface area contributed by atoms with E-state index in [2.05, 4.69) is 127 Å². The SMILES string of the molecule is c1ccc(-c2nc(-c3ccc(-c4ccc5c(c4)oc4ccccc45)cc3)nc(-c3cccc4c(-c5ccc6ccccc6c5)cccc34)n2)cc1. The van der Waals surface area contributed by atoms with Crippen molar-refractivity contribution in [3.05, 3.63) is 176 Å². The predicted octanol–water partition coefficient (Wildman–Crippen LogP) is 12.4. The number of aromatic nitrogens is 3. The first-order valence-electron chi connectivity index (χ1n) is 17.1. The molecular formula is C47H29N3O. The Balaban J connectivity index is 1.08. The smallest absolute Gasteiger partial charge is 0.164 e. The Bertz CT molecular complexity index is 2910. The van der Waals surface area contributed by atoms with E-state index in [1.165, 1.54) is 21.9 Å². The lowest BCUT2D eigenvalue weighted by Crippen LogP contribution is -2.00. The average Bonchev–Trinajstić information content (AvgIpc) is 3.58. The van der Waals surface area contributed by atoms with Crippen LogP contribution in [0.5, 0.6) is 0 Å². The van der Waals surface area contributed by atoms with Gasteiger partial charge in [-0.05, 0) is 68.1 Å². The van der Waals surface area contributed by atoms with Crippen molar-refractivity contribution >= 4 is 43.5 Å².